The minimum atomic E-state index is -0.323. The summed E-state index contributed by atoms with van der Waals surface area (Å²) in [5, 5.41) is 5.80. The first-order chi connectivity index (χ1) is 12.1. The Bertz CT molecular complexity index is 785. The lowest BCUT2D eigenvalue weighted by molar-refractivity contribution is 0.0927. The molecule has 0 aliphatic heterocycles. The molecule has 3 rings (SSSR count). The highest BCUT2D eigenvalue weighted by Gasteiger charge is 2.16. The number of rotatable bonds is 4. The third-order valence-corrected chi connectivity index (χ3v) is 4.39. The quantitative estimate of drug-likeness (QED) is 0.800. The van der Waals surface area contributed by atoms with Crippen molar-refractivity contribution >= 4 is 17.5 Å². The summed E-state index contributed by atoms with van der Waals surface area (Å²) in [7, 11) is 0. The van der Waals surface area contributed by atoms with Crippen LogP contribution < -0.4 is 16.2 Å². The minimum Gasteiger partial charge on any atom is -0.349 e. The monoisotopic (exact) mass is 339 g/mol. The summed E-state index contributed by atoms with van der Waals surface area (Å²) in [4.78, 5) is 37.8. The zero-order valence-electron chi connectivity index (χ0n) is 13.9. The van der Waals surface area contributed by atoms with Gasteiger partial charge in [-0.05, 0) is 43.2 Å². The van der Waals surface area contributed by atoms with E-state index in [9.17, 15) is 14.4 Å². The van der Waals surface area contributed by atoms with Crippen molar-refractivity contribution < 1.29 is 9.59 Å². The molecule has 1 fully saturated rings. The van der Waals surface area contributed by atoms with Gasteiger partial charge < -0.3 is 15.6 Å². The van der Waals surface area contributed by atoms with E-state index < -0.39 is 0 Å². The SMILES string of the molecule is O=C(Nc1ccc(C(=O)NC2CCCCC2)cc1)c1ccc(=O)[nH]c1. The van der Waals surface area contributed by atoms with Crippen molar-refractivity contribution in [2.45, 2.75) is 38.1 Å². The van der Waals surface area contributed by atoms with E-state index >= 15 is 0 Å². The second-order valence-corrected chi connectivity index (χ2v) is 6.28. The molecule has 0 bridgehead atoms. The average molecular weight is 339 g/mol. The third-order valence-electron chi connectivity index (χ3n) is 4.39. The lowest BCUT2D eigenvalue weighted by atomic mass is 9.95. The standard InChI is InChI=1S/C19H21N3O3/c23-17-11-8-14(12-20-17)19(25)22-16-9-6-13(7-10-16)18(24)21-15-4-2-1-3-5-15/h6-12,15H,1-5H2,(H,20,23)(H,21,24)(H,22,25). The van der Waals surface area contributed by atoms with Gasteiger partial charge in [-0.3, -0.25) is 14.4 Å². The number of aromatic amines is 1. The van der Waals surface area contributed by atoms with Gasteiger partial charge in [-0.25, -0.2) is 0 Å². The molecule has 25 heavy (non-hydrogen) atoms. The first-order valence-electron chi connectivity index (χ1n) is 8.53. The van der Waals surface area contributed by atoms with Gasteiger partial charge in [0.2, 0.25) is 5.56 Å². The van der Waals surface area contributed by atoms with Crippen molar-refractivity contribution in [3.8, 4) is 0 Å². The van der Waals surface area contributed by atoms with E-state index in [2.05, 4.69) is 15.6 Å². The summed E-state index contributed by atoms with van der Waals surface area (Å²) in [5.41, 5.74) is 1.27. The molecule has 2 amide bonds. The van der Waals surface area contributed by atoms with Gasteiger partial charge in [-0.15, -0.1) is 0 Å². The number of pyridine rings is 1. The van der Waals surface area contributed by atoms with E-state index in [4.69, 9.17) is 0 Å². The van der Waals surface area contributed by atoms with Crippen LogP contribution in [0.15, 0.2) is 47.4 Å². The van der Waals surface area contributed by atoms with Gasteiger partial charge in [0.1, 0.15) is 0 Å². The second kappa shape index (κ2) is 7.79. The first kappa shape index (κ1) is 17.0. The van der Waals surface area contributed by atoms with Crippen molar-refractivity contribution in [2.24, 2.45) is 0 Å². The molecule has 0 unspecified atom stereocenters. The van der Waals surface area contributed by atoms with Crippen LogP contribution in [0, 0.1) is 0 Å². The Kier molecular flexibility index (Phi) is 5.28. The van der Waals surface area contributed by atoms with E-state index in [1.807, 2.05) is 0 Å². The molecule has 1 saturated carbocycles. The van der Waals surface area contributed by atoms with E-state index in [1.165, 1.54) is 37.6 Å². The molecule has 3 N–H and O–H groups in total. The number of hydrogen-bond donors (Lipinski definition) is 3. The van der Waals surface area contributed by atoms with E-state index in [0.717, 1.165) is 12.8 Å². The summed E-state index contributed by atoms with van der Waals surface area (Å²) >= 11 is 0. The van der Waals surface area contributed by atoms with Crippen LogP contribution in [0.5, 0.6) is 0 Å². The maximum atomic E-state index is 12.3. The highest BCUT2D eigenvalue weighted by atomic mass is 16.2. The Morgan fingerprint density at radius 2 is 1.56 bits per heavy atom. The number of benzene rings is 1. The van der Waals surface area contributed by atoms with Crippen molar-refractivity contribution in [1.29, 1.82) is 0 Å². The fraction of sp³-hybridized carbons (Fsp3) is 0.316. The smallest absolute Gasteiger partial charge is 0.257 e. The molecule has 0 saturated heterocycles. The van der Waals surface area contributed by atoms with Crippen molar-refractivity contribution in [3.05, 3.63) is 64.1 Å². The number of hydrogen-bond acceptors (Lipinski definition) is 3. The highest BCUT2D eigenvalue weighted by Crippen LogP contribution is 2.18. The molecule has 0 spiro atoms. The molecular weight excluding hydrogens is 318 g/mol. The molecule has 6 heteroatoms. The Hall–Kier alpha value is -2.89. The maximum absolute atomic E-state index is 12.3. The molecular formula is C19H21N3O3. The van der Waals surface area contributed by atoms with Gasteiger partial charge in [0.25, 0.3) is 11.8 Å². The van der Waals surface area contributed by atoms with Crippen LogP contribution in [0.3, 0.4) is 0 Å². The maximum Gasteiger partial charge on any atom is 0.257 e. The number of anilines is 1. The molecule has 0 atom stereocenters. The summed E-state index contributed by atoms with van der Waals surface area (Å²) in [6, 6.07) is 9.80. The molecule has 1 aliphatic rings. The molecule has 2 aromatic rings. The zero-order valence-corrected chi connectivity index (χ0v) is 13.9. The predicted molar refractivity (Wildman–Crippen MR) is 95.8 cm³/mol. The van der Waals surface area contributed by atoms with E-state index in [1.54, 1.807) is 24.3 Å². The number of carbonyl (C=O) groups is 2. The van der Waals surface area contributed by atoms with Gasteiger partial charge in [0, 0.05) is 29.6 Å². The zero-order chi connectivity index (χ0) is 17.6. The lowest BCUT2D eigenvalue weighted by Crippen LogP contribution is -2.36. The van der Waals surface area contributed by atoms with Gasteiger partial charge in [0.05, 0.1) is 5.56 Å². The van der Waals surface area contributed by atoms with Crippen molar-refractivity contribution in [2.75, 3.05) is 5.32 Å². The minimum absolute atomic E-state index is 0.0783. The van der Waals surface area contributed by atoms with Crippen LogP contribution in [-0.4, -0.2) is 22.8 Å². The molecule has 0 radical (unpaired) electrons. The van der Waals surface area contributed by atoms with Crippen LogP contribution in [0.2, 0.25) is 0 Å². The van der Waals surface area contributed by atoms with Crippen LogP contribution in [0.4, 0.5) is 5.69 Å². The topological polar surface area (TPSA) is 91.1 Å². The van der Waals surface area contributed by atoms with Crippen molar-refractivity contribution in [1.82, 2.24) is 10.3 Å². The van der Waals surface area contributed by atoms with Gasteiger partial charge in [-0.2, -0.15) is 0 Å². The molecule has 130 valence electrons. The number of aromatic nitrogens is 1. The van der Waals surface area contributed by atoms with Crippen molar-refractivity contribution in [3.63, 3.8) is 0 Å². The van der Waals surface area contributed by atoms with Crippen LogP contribution >= 0.6 is 0 Å². The van der Waals surface area contributed by atoms with Gasteiger partial charge >= 0.3 is 0 Å². The molecule has 1 aliphatic carbocycles. The molecule has 1 aromatic heterocycles. The van der Waals surface area contributed by atoms with E-state index in [-0.39, 0.29) is 23.4 Å². The molecule has 1 heterocycles. The van der Waals surface area contributed by atoms with E-state index in [0.29, 0.717) is 16.8 Å². The third kappa shape index (κ3) is 4.56. The summed E-state index contributed by atoms with van der Waals surface area (Å²) in [5.74, 6) is -0.402. The number of nitrogens with one attached hydrogen (secondary N) is 3. The molecule has 1 aromatic carbocycles. The number of carbonyl (C=O) groups excluding carboxylic acids is 2. The Labute approximate surface area is 145 Å². The van der Waals surface area contributed by atoms with Gasteiger partial charge in [0.15, 0.2) is 0 Å². The summed E-state index contributed by atoms with van der Waals surface area (Å²) < 4.78 is 0. The highest BCUT2D eigenvalue weighted by molar-refractivity contribution is 6.04. The second-order valence-electron chi connectivity index (χ2n) is 6.28. The Balaban J connectivity index is 1.59. The fourth-order valence-electron chi connectivity index (χ4n) is 2.98. The van der Waals surface area contributed by atoms with Crippen LogP contribution in [-0.2, 0) is 0 Å². The molecule has 6 nitrogen and oxygen atoms in total. The summed E-state index contributed by atoms with van der Waals surface area (Å²) in [6.45, 7) is 0. The summed E-state index contributed by atoms with van der Waals surface area (Å²) in [6.07, 6.45) is 7.03. The van der Waals surface area contributed by atoms with Gasteiger partial charge in [-0.1, -0.05) is 19.3 Å². The van der Waals surface area contributed by atoms with Crippen LogP contribution in [0.25, 0.3) is 0 Å². The predicted octanol–water partition coefficient (Wildman–Crippen LogP) is 2.69. The normalized spacial score (nSPS) is 14.7. The number of amides is 2. The number of H-pyrrole nitrogens is 1. The lowest BCUT2D eigenvalue weighted by Gasteiger charge is -2.22. The average Bonchev–Trinajstić information content (AvgIpc) is 2.63. The fourth-order valence-corrected chi connectivity index (χ4v) is 2.98. The first-order valence-corrected chi connectivity index (χ1v) is 8.53. The Morgan fingerprint density at radius 3 is 2.20 bits per heavy atom. The van der Waals surface area contributed by atoms with Crippen LogP contribution in [0.1, 0.15) is 52.8 Å². The largest absolute Gasteiger partial charge is 0.349 e. The Morgan fingerprint density at radius 1 is 0.880 bits per heavy atom.